The second-order valence-corrected chi connectivity index (χ2v) is 28.4. The lowest BCUT2D eigenvalue weighted by Gasteiger charge is -2.57. The molecule has 4 heterocycles. The second kappa shape index (κ2) is 15.2. The summed E-state index contributed by atoms with van der Waals surface area (Å²) in [5.74, 6) is 5.35. The number of hydrogen-bond acceptors (Lipinski definition) is 2. The molecule has 8 fully saturated rings. The van der Waals surface area contributed by atoms with E-state index in [4.69, 9.17) is 0 Å². The van der Waals surface area contributed by atoms with Gasteiger partial charge in [0.1, 0.15) is 0 Å². The fraction of sp³-hybridized carbons (Fsp3) is 0.333. The highest BCUT2D eigenvalue weighted by Crippen LogP contribution is 2.64. The molecule has 8 saturated carbocycles. The van der Waals surface area contributed by atoms with E-state index in [1.165, 1.54) is 186 Å². The highest BCUT2D eigenvalue weighted by Gasteiger charge is 2.54. The Kier molecular flexibility index (Phi) is 8.76. The summed E-state index contributed by atoms with van der Waals surface area (Å²) in [7, 11) is 0. The zero-order valence-electron chi connectivity index (χ0n) is 44.3. The third-order valence-electron chi connectivity index (χ3n) is 21.7. The molecular weight excluding hydrogens is 936 g/mol. The molecule has 0 atom stereocenters. The number of anilines is 3. The molecule has 10 aliphatic rings. The van der Waals surface area contributed by atoms with Crippen LogP contribution in [-0.2, 0) is 16.2 Å². The zero-order valence-corrected chi connectivity index (χ0v) is 45.2. The monoisotopic (exact) mass is 1000 g/mol. The molecule has 4 heteroatoms. The molecule has 0 saturated heterocycles. The molecule has 8 bridgehead atoms. The number of thiophene rings is 1. The van der Waals surface area contributed by atoms with Gasteiger partial charge in [0.05, 0.1) is 11.4 Å². The number of nitrogens with zero attached hydrogens (tertiary/aromatic N) is 2. The number of hydrogen-bond donors (Lipinski definition) is 0. The van der Waals surface area contributed by atoms with Gasteiger partial charge in [-0.25, -0.2) is 0 Å². The van der Waals surface area contributed by atoms with Gasteiger partial charge in [-0.1, -0.05) is 118 Å². The van der Waals surface area contributed by atoms with E-state index in [2.05, 4.69) is 199 Å². The van der Waals surface area contributed by atoms with Crippen LogP contribution in [0.1, 0.15) is 115 Å². The van der Waals surface area contributed by atoms with Gasteiger partial charge in [-0.2, -0.15) is 0 Å². The van der Waals surface area contributed by atoms with Crippen LogP contribution >= 0.6 is 11.3 Å². The van der Waals surface area contributed by atoms with Crippen molar-refractivity contribution in [1.29, 1.82) is 0 Å². The van der Waals surface area contributed by atoms with Crippen molar-refractivity contribution in [2.24, 2.45) is 35.5 Å². The molecule has 8 aliphatic carbocycles. The van der Waals surface area contributed by atoms with E-state index in [0.29, 0.717) is 5.41 Å². The fourth-order valence-electron chi connectivity index (χ4n) is 19.3. The molecule has 8 aromatic carbocycles. The summed E-state index contributed by atoms with van der Waals surface area (Å²) in [4.78, 5) is 2.77. The van der Waals surface area contributed by atoms with E-state index in [0.717, 1.165) is 35.5 Å². The van der Waals surface area contributed by atoms with Gasteiger partial charge in [0.15, 0.2) is 0 Å². The first kappa shape index (κ1) is 43.7. The maximum atomic E-state index is 2.91. The van der Waals surface area contributed by atoms with Gasteiger partial charge in [-0.05, 0) is 245 Å². The lowest BCUT2D eigenvalue weighted by Crippen LogP contribution is -2.55. The molecule has 76 heavy (non-hydrogen) atoms. The predicted octanol–water partition coefficient (Wildman–Crippen LogP) is 18.1. The van der Waals surface area contributed by atoms with Crippen LogP contribution in [0.25, 0.3) is 76.0 Å². The maximum absolute atomic E-state index is 2.91. The van der Waals surface area contributed by atoms with Crippen LogP contribution in [0.3, 0.4) is 0 Å². The first-order chi connectivity index (χ1) is 37.1. The van der Waals surface area contributed by atoms with E-state index >= 15 is 0 Å². The van der Waals surface area contributed by atoms with E-state index in [9.17, 15) is 0 Å². The number of benzene rings is 8. The predicted molar refractivity (Wildman–Crippen MR) is 322 cm³/mol. The highest BCUT2D eigenvalue weighted by molar-refractivity contribution is 7.32. The molecular formula is C72H65BN2S. The minimum absolute atomic E-state index is 0.00101. The van der Waals surface area contributed by atoms with Crippen LogP contribution in [-0.4, -0.2) is 11.3 Å². The van der Waals surface area contributed by atoms with E-state index in [-0.39, 0.29) is 17.7 Å². The van der Waals surface area contributed by atoms with E-state index in [1.54, 1.807) is 11.1 Å². The molecule has 0 radical (unpaired) electrons. The van der Waals surface area contributed by atoms with Crippen LogP contribution in [0.15, 0.2) is 158 Å². The molecule has 2 aromatic heterocycles. The normalized spacial score (nSPS) is 27.4. The first-order valence-corrected chi connectivity index (χ1v) is 30.2. The molecule has 372 valence electrons. The van der Waals surface area contributed by atoms with Crippen molar-refractivity contribution in [3.63, 3.8) is 0 Å². The molecule has 20 rings (SSSR count). The molecule has 2 nitrogen and oxygen atoms in total. The van der Waals surface area contributed by atoms with Gasteiger partial charge in [-0.3, -0.25) is 0 Å². The van der Waals surface area contributed by atoms with Crippen molar-refractivity contribution in [2.45, 2.75) is 114 Å². The Labute approximate surface area is 452 Å². The van der Waals surface area contributed by atoms with Gasteiger partial charge in [-0.15, -0.1) is 11.3 Å². The van der Waals surface area contributed by atoms with Crippen LogP contribution in [0.4, 0.5) is 17.1 Å². The van der Waals surface area contributed by atoms with Crippen molar-refractivity contribution in [1.82, 2.24) is 4.48 Å². The lowest BCUT2D eigenvalue weighted by atomic mass is 9.47. The maximum Gasteiger partial charge on any atom is 0.343 e. The van der Waals surface area contributed by atoms with Gasteiger partial charge >= 0.3 is 6.85 Å². The first-order valence-electron chi connectivity index (χ1n) is 29.4. The molecule has 0 spiro atoms. The highest BCUT2D eigenvalue weighted by atomic mass is 32.1. The Morgan fingerprint density at radius 2 is 1.07 bits per heavy atom. The molecule has 2 aliphatic heterocycles. The van der Waals surface area contributed by atoms with Gasteiger partial charge in [0.2, 0.25) is 0 Å². The second-order valence-electron chi connectivity index (χ2n) is 27.3. The average molecular weight is 1000 g/mol. The van der Waals surface area contributed by atoms with Crippen molar-refractivity contribution in [2.75, 3.05) is 4.90 Å². The van der Waals surface area contributed by atoms with Crippen molar-refractivity contribution < 1.29 is 0 Å². The summed E-state index contributed by atoms with van der Waals surface area (Å²) in [5.41, 5.74) is 21.4. The molecule has 0 unspecified atom stereocenters. The van der Waals surface area contributed by atoms with Crippen LogP contribution in [0.5, 0.6) is 0 Å². The zero-order chi connectivity index (χ0) is 50.0. The van der Waals surface area contributed by atoms with Crippen molar-refractivity contribution >= 4 is 88.2 Å². The third kappa shape index (κ3) is 6.06. The lowest BCUT2D eigenvalue weighted by molar-refractivity contribution is -0.00527. The van der Waals surface area contributed by atoms with Crippen molar-refractivity contribution in [3.05, 3.63) is 174 Å². The Balaban J connectivity index is 0.981. The number of fused-ring (bicyclic) bond motifs is 10. The van der Waals surface area contributed by atoms with Gasteiger partial charge in [0.25, 0.3) is 0 Å². The van der Waals surface area contributed by atoms with Crippen molar-refractivity contribution in [3.8, 4) is 33.4 Å². The largest absolute Gasteiger partial charge is 0.375 e. The van der Waals surface area contributed by atoms with E-state index < -0.39 is 0 Å². The Bertz CT molecular complexity index is 4060. The summed E-state index contributed by atoms with van der Waals surface area (Å²) in [5, 5.41) is 6.97. The number of aromatic nitrogens is 1. The van der Waals surface area contributed by atoms with Crippen LogP contribution in [0.2, 0.25) is 0 Å². The molecule has 10 aromatic rings. The Morgan fingerprint density at radius 3 is 1.71 bits per heavy atom. The summed E-state index contributed by atoms with van der Waals surface area (Å²) in [6.45, 7) is 7.09. The van der Waals surface area contributed by atoms with Gasteiger partial charge in [0, 0.05) is 53.5 Å². The van der Waals surface area contributed by atoms with Gasteiger partial charge < -0.3 is 9.38 Å². The Hall–Kier alpha value is -6.36. The quantitative estimate of drug-likeness (QED) is 0.156. The Morgan fingerprint density at radius 1 is 0.474 bits per heavy atom. The molecule has 0 amide bonds. The summed E-state index contributed by atoms with van der Waals surface area (Å²) < 4.78 is 5.72. The minimum Gasteiger partial charge on any atom is -0.375 e. The minimum atomic E-state index is -0.0187. The third-order valence-corrected chi connectivity index (χ3v) is 22.9. The van der Waals surface area contributed by atoms with Crippen LogP contribution in [0, 0.1) is 35.5 Å². The summed E-state index contributed by atoms with van der Waals surface area (Å²) in [6, 6.07) is 63.1. The summed E-state index contributed by atoms with van der Waals surface area (Å²) in [6.07, 6.45) is 17.1. The SMILES string of the molecule is CC(C)(C)c1ccc(N2c3cc(-c4ccccc4)cc4c3B(c3sc5cc6ccccc6cc5c32)n2c3ccc(C56CC7CC(CC(C7)C5)C6)cc3c3cc(C56CC7CC(CC(C7)C5)C6)cc-4c32)c(-c2ccccc2)c1. The smallest absolute Gasteiger partial charge is 0.343 e. The summed E-state index contributed by atoms with van der Waals surface area (Å²) >= 11 is 2.05. The number of rotatable bonds is 5. The fourth-order valence-corrected chi connectivity index (χ4v) is 20.7. The van der Waals surface area contributed by atoms with Crippen LogP contribution < -0.4 is 15.1 Å². The average Bonchev–Trinajstić information content (AvgIpc) is 4.18. The standard InChI is InChI=1S/C72H65BN2S/c1-70(2,3)53-18-20-62(56(32-53)49-14-8-5-9-15-49)74-64-30-52(48-12-6-4-7-13-48)29-58-60-35-55(72-39-45-25-46(40-72)27-47(26-45)41-72)34-59-57-33-54(71-36-42-22-43(37-71)24-44(23-42)38-71)19-21-63(57)75(67(59)60)73(66(58)64)69-68(74)61-28-50-16-10-11-17-51(50)31-65(61)76-69/h4-21,28-35,42-47H,22-27,36-41H2,1-3H3. The van der Waals surface area contributed by atoms with E-state index in [1.807, 2.05) is 0 Å². The topological polar surface area (TPSA) is 8.17 Å². The molecule has 0 N–H and O–H groups in total.